The summed E-state index contributed by atoms with van der Waals surface area (Å²) >= 11 is 0. The van der Waals surface area contributed by atoms with Crippen LogP contribution in [0.25, 0.3) is 0 Å². The van der Waals surface area contributed by atoms with Crippen molar-refractivity contribution in [3.05, 3.63) is 23.8 Å². The number of anilines is 1. The predicted molar refractivity (Wildman–Crippen MR) is 70.3 cm³/mol. The van der Waals surface area contributed by atoms with Crippen LogP contribution in [0, 0.1) is 11.6 Å². The third-order valence-electron chi connectivity index (χ3n) is 2.36. The van der Waals surface area contributed by atoms with Gasteiger partial charge < -0.3 is 5.73 Å². The van der Waals surface area contributed by atoms with Gasteiger partial charge in [-0.05, 0) is 18.6 Å². The maximum Gasteiger partial charge on any atom is 0.243 e. The average Bonchev–Trinajstić information content (AvgIpc) is 2.30. The van der Waals surface area contributed by atoms with Crippen LogP contribution in [-0.4, -0.2) is 35.4 Å². The second-order valence-electron chi connectivity index (χ2n) is 4.15. The topological polar surface area (TPSA) is 106 Å². The van der Waals surface area contributed by atoms with Gasteiger partial charge in [0, 0.05) is 12.8 Å². The van der Waals surface area contributed by atoms with Gasteiger partial charge in [0.2, 0.25) is 10.0 Å². The molecule has 114 valence electrons. The summed E-state index contributed by atoms with van der Waals surface area (Å²) in [6, 6.07) is 1.49. The molecule has 0 aromatic heterocycles. The number of sulfone groups is 1. The minimum Gasteiger partial charge on any atom is -0.394 e. The van der Waals surface area contributed by atoms with Crippen LogP contribution < -0.4 is 10.5 Å². The summed E-state index contributed by atoms with van der Waals surface area (Å²) in [6.45, 7) is -0.188. The Kier molecular flexibility index (Phi) is 5.05. The molecular weight excluding hydrogens is 314 g/mol. The Morgan fingerprint density at radius 2 is 1.80 bits per heavy atom. The molecule has 0 aliphatic carbocycles. The maximum atomic E-state index is 13.6. The molecule has 1 aromatic carbocycles. The van der Waals surface area contributed by atoms with Gasteiger partial charge in [0.1, 0.15) is 26.2 Å². The van der Waals surface area contributed by atoms with Crippen LogP contribution in [0.3, 0.4) is 0 Å². The van der Waals surface area contributed by atoms with Crippen molar-refractivity contribution in [2.75, 3.05) is 24.3 Å². The first kappa shape index (κ1) is 16.8. The van der Waals surface area contributed by atoms with E-state index in [1.807, 2.05) is 4.72 Å². The number of nitrogens with one attached hydrogen (secondary N) is 1. The molecule has 0 amide bonds. The van der Waals surface area contributed by atoms with Gasteiger partial charge in [-0.15, -0.1) is 0 Å². The average molecular weight is 328 g/mol. The summed E-state index contributed by atoms with van der Waals surface area (Å²) in [5, 5.41) is 0. The number of hydrogen-bond acceptors (Lipinski definition) is 5. The first-order chi connectivity index (χ1) is 9.04. The first-order valence-electron chi connectivity index (χ1n) is 5.45. The molecule has 0 saturated carbocycles. The quantitative estimate of drug-likeness (QED) is 0.575. The number of rotatable bonds is 6. The third-order valence-corrected chi connectivity index (χ3v) is 4.87. The minimum absolute atomic E-state index is 0.0381. The third kappa shape index (κ3) is 4.39. The number of nitrogens with two attached hydrogens (primary N) is 1. The van der Waals surface area contributed by atoms with Gasteiger partial charge in [-0.2, -0.15) is 0 Å². The van der Waals surface area contributed by atoms with E-state index in [0.29, 0.717) is 0 Å². The van der Waals surface area contributed by atoms with Gasteiger partial charge in [-0.3, -0.25) is 0 Å². The Morgan fingerprint density at radius 1 is 1.20 bits per heavy atom. The lowest BCUT2D eigenvalue weighted by Crippen LogP contribution is -2.27. The molecule has 20 heavy (non-hydrogen) atoms. The van der Waals surface area contributed by atoms with Gasteiger partial charge in [0.15, 0.2) is 5.82 Å². The Morgan fingerprint density at radius 3 is 2.35 bits per heavy atom. The van der Waals surface area contributed by atoms with Crippen LogP contribution in [0.1, 0.15) is 6.42 Å². The van der Waals surface area contributed by atoms with E-state index in [2.05, 4.69) is 0 Å². The summed E-state index contributed by atoms with van der Waals surface area (Å²) in [4.78, 5) is -0.782. The highest BCUT2D eigenvalue weighted by Crippen LogP contribution is 2.22. The number of halogens is 2. The van der Waals surface area contributed by atoms with Crippen molar-refractivity contribution in [3.8, 4) is 0 Å². The van der Waals surface area contributed by atoms with Crippen LogP contribution >= 0.6 is 0 Å². The highest BCUT2D eigenvalue weighted by atomic mass is 32.2. The van der Waals surface area contributed by atoms with E-state index < -0.39 is 42.1 Å². The molecule has 0 spiro atoms. The van der Waals surface area contributed by atoms with Crippen molar-refractivity contribution >= 4 is 25.5 Å². The second-order valence-corrected chi connectivity index (χ2v) is 8.15. The second kappa shape index (κ2) is 6.02. The van der Waals surface area contributed by atoms with E-state index in [0.717, 1.165) is 18.4 Å². The summed E-state index contributed by atoms with van der Waals surface area (Å²) in [5.41, 5.74) is 4.18. The summed E-state index contributed by atoms with van der Waals surface area (Å²) in [7, 11) is -7.42. The summed E-state index contributed by atoms with van der Waals surface area (Å²) < 4.78 is 73.8. The van der Waals surface area contributed by atoms with Gasteiger partial charge in [0.25, 0.3) is 0 Å². The molecule has 0 aliphatic heterocycles. The highest BCUT2D eigenvalue weighted by molar-refractivity contribution is 7.90. The first-order valence-corrected chi connectivity index (χ1v) is 9.00. The van der Waals surface area contributed by atoms with Gasteiger partial charge in [0.05, 0.1) is 5.75 Å². The number of hydrogen-bond donors (Lipinski definition) is 2. The smallest absolute Gasteiger partial charge is 0.243 e. The van der Waals surface area contributed by atoms with Crippen molar-refractivity contribution in [2.45, 2.75) is 11.3 Å². The summed E-state index contributed by atoms with van der Waals surface area (Å²) in [6.07, 6.45) is 1.05. The Bertz CT molecular complexity index is 702. The van der Waals surface area contributed by atoms with E-state index in [-0.39, 0.29) is 18.7 Å². The molecule has 0 bridgehead atoms. The number of sulfonamides is 1. The molecule has 6 nitrogen and oxygen atoms in total. The molecule has 0 unspecified atom stereocenters. The van der Waals surface area contributed by atoms with Crippen molar-refractivity contribution < 1.29 is 25.6 Å². The van der Waals surface area contributed by atoms with Crippen LogP contribution in [0.15, 0.2) is 17.0 Å². The molecule has 0 fully saturated rings. The highest BCUT2D eigenvalue weighted by Gasteiger charge is 2.22. The maximum absolute atomic E-state index is 13.6. The zero-order valence-corrected chi connectivity index (χ0v) is 12.2. The van der Waals surface area contributed by atoms with Crippen LogP contribution in [0.4, 0.5) is 14.5 Å². The van der Waals surface area contributed by atoms with Crippen molar-refractivity contribution in [2.24, 2.45) is 0 Å². The Labute approximate surface area is 115 Å². The van der Waals surface area contributed by atoms with E-state index >= 15 is 0 Å². The number of benzene rings is 1. The molecule has 0 saturated heterocycles. The molecule has 3 N–H and O–H groups in total. The van der Waals surface area contributed by atoms with Gasteiger partial charge >= 0.3 is 0 Å². The molecule has 0 atom stereocenters. The van der Waals surface area contributed by atoms with E-state index in [1.165, 1.54) is 0 Å². The molecular formula is C10H14F2N2O4S2. The van der Waals surface area contributed by atoms with Crippen LogP contribution in [0.5, 0.6) is 0 Å². The molecule has 0 heterocycles. The fourth-order valence-corrected chi connectivity index (χ4v) is 3.21. The zero-order valence-electron chi connectivity index (χ0n) is 10.6. The van der Waals surface area contributed by atoms with E-state index in [4.69, 9.17) is 5.73 Å². The Hall–Kier alpha value is -1.26. The van der Waals surface area contributed by atoms with E-state index in [1.54, 1.807) is 0 Å². The molecule has 10 heteroatoms. The monoisotopic (exact) mass is 328 g/mol. The van der Waals surface area contributed by atoms with Crippen molar-refractivity contribution in [1.29, 1.82) is 0 Å². The normalized spacial score (nSPS) is 12.6. The van der Waals surface area contributed by atoms with Crippen LogP contribution in [-0.2, 0) is 19.9 Å². The van der Waals surface area contributed by atoms with Crippen LogP contribution in [0.2, 0.25) is 0 Å². The van der Waals surface area contributed by atoms with Gasteiger partial charge in [-0.25, -0.2) is 30.3 Å². The molecule has 1 rings (SSSR count). The van der Waals surface area contributed by atoms with E-state index in [9.17, 15) is 25.6 Å². The number of nitrogen functional groups attached to an aromatic ring is 1. The largest absolute Gasteiger partial charge is 0.394 e. The van der Waals surface area contributed by atoms with Crippen molar-refractivity contribution in [1.82, 2.24) is 4.72 Å². The Balaban J connectivity index is 2.83. The molecule has 0 aliphatic rings. The lowest BCUT2D eigenvalue weighted by Gasteiger charge is -2.09. The summed E-state index contributed by atoms with van der Waals surface area (Å²) in [5.74, 6) is -2.64. The lowest BCUT2D eigenvalue weighted by atomic mass is 10.3. The van der Waals surface area contributed by atoms with Gasteiger partial charge in [-0.1, -0.05) is 0 Å². The SMILES string of the molecule is CS(=O)(=O)CCCNS(=O)(=O)c1ccc(F)c(N)c1F. The zero-order chi connectivity index (χ0) is 15.6. The molecule has 1 aromatic rings. The lowest BCUT2D eigenvalue weighted by molar-refractivity contribution is 0.547. The fraction of sp³-hybridized carbons (Fsp3) is 0.400. The molecule has 0 radical (unpaired) electrons. The predicted octanol–water partition coefficient (Wildman–Crippen LogP) is 0.260. The minimum atomic E-state index is -4.21. The standard InChI is InChI=1S/C10H14F2N2O4S2/c1-19(15,16)6-2-5-14-20(17,18)8-4-3-7(11)10(13)9(8)12/h3-4,14H,2,5-6,13H2,1H3. The van der Waals surface area contributed by atoms with Crippen molar-refractivity contribution in [3.63, 3.8) is 0 Å². The fourth-order valence-electron chi connectivity index (χ4n) is 1.38.